The molecule has 0 unspecified atom stereocenters. The van der Waals surface area contributed by atoms with E-state index in [0.717, 1.165) is 18.4 Å². The van der Waals surface area contributed by atoms with Crippen molar-refractivity contribution in [3.63, 3.8) is 0 Å². The number of amides is 1. The van der Waals surface area contributed by atoms with Crippen molar-refractivity contribution >= 4 is 24.8 Å². The number of allylic oxidation sites excluding steroid dienone is 1. The first-order valence-electron chi connectivity index (χ1n) is 12.3. The van der Waals surface area contributed by atoms with Crippen LogP contribution < -0.4 is 15.7 Å². The number of hydrogen-bond acceptors (Lipinski definition) is 3. The van der Waals surface area contributed by atoms with Crippen molar-refractivity contribution in [2.75, 3.05) is 0 Å². The van der Waals surface area contributed by atoms with E-state index in [0.29, 0.717) is 0 Å². The van der Waals surface area contributed by atoms with Crippen molar-refractivity contribution in [2.45, 2.75) is 57.4 Å². The first-order chi connectivity index (χ1) is 16.9. The number of rotatable bonds is 7. The molecule has 0 aliphatic heterocycles. The number of ether oxygens (including phenoxy) is 1. The van der Waals surface area contributed by atoms with Gasteiger partial charge in [0, 0.05) is 0 Å². The third-order valence-corrected chi connectivity index (χ3v) is 11.6. The highest BCUT2D eigenvalue weighted by Crippen LogP contribution is 2.38. The molecule has 5 heteroatoms. The number of hydrogen-bond donors (Lipinski definition) is 1. The van der Waals surface area contributed by atoms with Gasteiger partial charge in [-0.05, 0) is 33.8 Å². The lowest BCUT2D eigenvalue weighted by Gasteiger charge is -2.46. The van der Waals surface area contributed by atoms with E-state index in [1.54, 1.807) is 0 Å². The molecule has 3 aromatic carbocycles. The van der Waals surface area contributed by atoms with Crippen molar-refractivity contribution < 1.29 is 14.0 Å². The van der Waals surface area contributed by atoms with Crippen LogP contribution in [0.5, 0.6) is 0 Å². The molecule has 0 saturated carbocycles. The topological polar surface area (TPSA) is 47.6 Å². The number of alkyl carbamates (subject to hydrolysis) is 1. The SMILES string of the molecule is CC(C)(C)[Si](O[C@@H]1C=CCC[C@@H]1NC(=O)OCc1ccccc1)(c1ccccc1)c1ccccc1. The van der Waals surface area contributed by atoms with E-state index >= 15 is 0 Å². The number of carbonyl (C=O) groups is 1. The normalized spacial score (nSPS) is 18.1. The molecule has 4 nitrogen and oxygen atoms in total. The summed E-state index contributed by atoms with van der Waals surface area (Å²) in [5.41, 5.74) is 0.964. The fraction of sp³-hybridized carbons (Fsp3) is 0.300. The van der Waals surface area contributed by atoms with Gasteiger partial charge in [-0.1, -0.05) is 124 Å². The molecule has 1 N–H and O–H groups in total. The number of carbonyl (C=O) groups excluding carboxylic acids is 1. The van der Waals surface area contributed by atoms with Crippen LogP contribution >= 0.6 is 0 Å². The van der Waals surface area contributed by atoms with Gasteiger partial charge in [-0.3, -0.25) is 0 Å². The molecule has 1 aliphatic rings. The van der Waals surface area contributed by atoms with Gasteiger partial charge in [0.1, 0.15) is 6.61 Å². The Balaban J connectivity index is 1.61. The fourth-order valence-electron chi connectivity index (χ4n) is 4.89. The van der Waals surface area contributed by atoms with Gasteiger partial charge < -0.3 is 14.5 Å². The molecular weight excluding hydrogens is 450 g/mol. The summed E-state index contributed by atoms with van der Waals surface area (Å²) < 4.78 is 12.8. The fourth-order valence-corrected chi connectivity index (χ4v) is 9.56. The van der Waals surface area contributed by atoms with Crippen LogP contribution in [0.25, 0.3) is 0 Å². The quantitative estimate of drug-likeness (QED) is 0.351. The zero-order valence-electron chi connectivity index (χ0n) is 20.8. The van der Waals surface area contributed by atoms with Crippen LogP contribution in [0.15, 0.2) is 103 Å². The molecule has 0 saturated heterocycles. The van der Waals surface area contributed by atoms with E-state index in [9.17, 15) is 4.79 Å². The van der Waals surface area contributed by atoms with Gasteiger partial charge in [-0.2, -0.15) is 0 Å². The van der Waals surface area contributed by atoms with Crippen molar-refractivity contribution in [1.29, 1.82) is 0 Å². The molecule has 0 heterocycles. The summed E-state index contributed by atoms with van der Waals surface area (Å²) in [6.07, 6.45) is 5.31. The van der Waals surface area contributed by atoms with Crippen molar-refractivity contribution in [3.8, 4) is 0 Å². The molecule has 1 amide bonds. The molecule has 0 radical (unpaired) electrons. The second kappa shape index (κ2) is 11.1. The molecule has 3 aromatic rings. The predicted molar refractivity (Wildman–Crippen MR) is 144 cm³/mol. The third-order valence-electron chi connectivity index (χ3n) is 6.61. The van der Waals surface area contributed by atoms with Crippen LogP contribution in [0, 0.1) is 0 Å². The summed E-state index contributed by atoms with van der Waals surface area (Å²) in [5, 5.41) is 5.41. The lowest BCUT2D eigenvalue weighted by molar-refractivity contribution is 0.118. The highest BCUT2D eigenvalue weighted by molar-refractivity contribution is 6.99. The Labute approximate surface area is 210 Å². The second-order valence-electron chi connectivity index (χ2n) is 10.1. The predicted octanol–water partition coefficient (Wildman–Crippen LogP) is 5.58. The lowest BCUT2D eigenvalue weighted by Crippen LogP contribution is -2.69. The van der Waals surface area contributed by atoms with E-state index in [1.807, 2.05) is 42.5 Å². The molecule has 2 atom stereocenters. The molecule has 182 valence electrons. The van der Waals surface area contributed by atoms with Crippen LogP contribution in [-0.4, -0.2) is 26.6 Å². The number of nitrogens with one attached hydrogen (secondary N) is 1. The van der Waals surface area contributed by atoms with E-state index < -0.39 is 14.4 Å². The highest BCUT2D eigenvalue weighted by atomic mass is 28.4. The average Bonchev–Trinajstić information content (AvgIpc) is 2.88. The first-order valence-corrected chi connectivity index (χ1v) is 14.2. The standard InChI is InChI=1S/C30H35NO3Si/c1-30(2,3)35(25-17-9-5-10-18-25,26-19-11-6-12-20-26)34-28-22-14-13-21-27(28)31-29(32)33-23-24-15-7-4-8-16-24/h4-12,14-20,22,27-28H,13,21,23H2,1-3H3,(H,31,32)/t27-,28+/m0/s1. The van der Waals surface area contributed by atoms with E-state index in [4.69, 9.17) is 9.16 Å². The molecule has 0 fully saturated rings. The molecule has 0 aromatic heterocycles. The van der Waals surface area contributed by atoms with Gasteiger partial charge in [0.15, 0.2) is 0 Å². The van der Waals surface area contributed by atoms with Crippen LogP contribution in [0.1, 0.15) is 39.2 Å². The van der Waals surface area contributed by atoms with E-state index in [-0.39, 0.29) is 23.8 Å². The van der Waals surface area contributed by atoms with Gasteiger partial charge in [-0.25, -0.2) is 4.79 Å². The Morgan fingerprint density at radius 3 is 1.97 bits per heavy atom. The zero-order valence-corrected chi connectivity index (χ0v) is 21.8. The van der Waals surface area contributed by atoms with Crippen LogP contribution in [-0.2, 0) is 15.8 Å². The minimum atomic E-state index is -2.74. The minimum absolute atomic E-state index is 0.140. The Morgan fingerprint density at radius 1 is 0.886 bits per heavy atom. The largest absolute Gasteiger partial charge is 0.445 e. The molecule has 0 spiro atoms. The maximum Gasteiger partial charge on any atom is 0.407 e. The van der Waals surface area contributed by atoms with Gasteiger partial charge >= 0.3 is 6.09 Å². The smallest absolute Gasteiger partial charge is 0.407 e. The van der Waals surface area contributed by atoms with Gasteiger partial charge in [0.25, 0.3) is 8.32 Å². The lowest BCUT2D eigenvalue weighted by atomic mass is 9.99. The van der Waals surface area contributed by atoms with E-state index in [2.05, 4.69) is 86.8 Å². The first kappa shape index (κ1) is 25.0. The van der Waals surface area contributed by atoms with Crippen molar-refractivity contribution in [2.24, 2.45) is 0 Å². The van der Waals surface area contributed by atoms with E-state index in [1.165, 1.54) is 10.4 Å². The summed E-state index contributed by atoms with van der Waals surface area (Å²) in [7, 11) is -2.74. The maximum atomic E-state index is 12.7. The summed E-state index contributed by atoms with van der Waals surface area (Å²) in [4.78, 5) is 12.7. The van der Waals surface area contributed by atoms with Crippen LogP contribution in [0.2, 0.25) is 5.04 Å². The maximum absolute atomic E-state index is 12.7. The van der Waals surface area contributed by atoms with Crippen molar-refractivity contribution in [1.82, 2.24) is 5.32 Å². The summed E-state index contributed by atoms with van der Waals surface area (Å²) in [6.45, 7) is 7.04. The Kier molecular flexibility index (Phi) is 7.89. The summed E-state index contributed by atoms with van der Waals surface area (Å²) in [6, 6.07) is 30.8. The summed E-state index contributed by atoms with van der Waals surface area (Å²) >= 11 is 0. The van der Waals surface area contributed by atoms with Crippen LogP contribution in [0.3, 0.4) is 0 Å². The Bertz CT molecular complexity index is 1070. The van der Waals surface area contributed by atoms with Gasteiger partial charge in [-0.15, -0.1) is 0 Å². The monoisotopic (exact) mass is 485 g/mol. The zero-order chi connectivity index (χ0) is 24.7. The van der Waals surface area contributed by atoms with Crippen LogP contribution in [0.4, 0.5) is 4.79 Å². The van der Waals surface area contributed by atoms with Gasteiger partial charge in [0.2, 0.25) is 0 Å². The molecule has 35 heavy (non-hydrogen) atoms. The molecule has 1 aliphatic carbocycles. The molecular formula is C30H35NO3Si. The molecule has 4 rings (SSSR count). The summed E-state index contributed by atoms with van der Waals surface area (Å²) in [5.74, 6) is 0. The minimum Gasteiger partial charge on any atom is -0.445 e. The van der Waals surface area contributed by atoms with Crippen molar-refractivity contribution in [3.05, 3.63) is 109 Å². The second-order valence-corrected chi connectivity index (χ2v) is 14.3. The molecule has 0 bridgehead atoms. The Morgan fingerprint density at radius 2 is 1.43 bits per heavy atom. The Hall–Kier alpha value is -3.15. The third kappa shape index (κ3) is 5.74. The average molecular weight is 486 g/mol. The highest BCUT2D eigenvalue weighted by Gasteiger charge is 2.52. The number of benzene rings is 3. The van der Waals surface area contributed by atoms with Gasteiger partial charge in [0.05, 0.1) is 12.1 Å².